The predicted octanol–water partition coefficient (Wildman–Crippen LogP) is 0.900. The summed E-state index contributed by atoms with van der Waals surface area (Å²) in [5, 5.41) is 17.4. The van der Waals surface area contributed by atoms with E-state index < -0.39 is 5.97 Å². The third-order valence-electron chi connectivity index (χ3n) is 3.40. The van der Waals surface area contributed by atoms with Crippen LogP contribution < -0.4 is 0 Å². The highest BCUT2D eigenvalue weighted by atomic mass is 19.1. The Bertz CT molecular complexity index is 534. The number of benzene rings is 1. The standard InChI is InChI=1S/C14H16FN3O2/c15-13-7-11(8-16)1-2-12(13)9-17-3-5-18(6-4-17)10-14(19)20/h1-2,7H,3-6,9-10H2,(H,19,20). The molecule has 1 saturated heterocycles. The summed E-state index contributed by atoms with van der Waals surface area (Å²) in [6, 6.07) is 6.40. The fraction of sp³-hybridized carbons (Fsp3) is 0.429. The maximum Gasteiger partial charge on any atom is 0.317 e. The zero-order chi connectivity index (χ0) is 14.5. The molecular weight excluding hydrogens is 261 g/mol. The lowest BCUT2D eigenvalue weighted by atomic mass is 10.1. The van der Waals surface area contributed by atoms with E-state index in [-0.39, 0.29) is 12.4 Å². The molecule has 0 aromatic heterocycles. The third kappa shape index (κ3) is 3.76. The maximum absolute atomic E-state index is 13.8. The molecule has 0 amide bonds. The Morgan fingerprint density at radius 3 is 2.50 bits per heavy atom. The van der Waals surface area contributed by atoms with Crippen molar-refractivity contribution in [2.24, 2.45) is 0 Å². The van der Waals surface area contributed by atoms with Crippen molar-refractivity contribution >= 4 is 5.97 Å². The van der Waals surface area contributed by atoms with Crippen molar-refractivity contribution in [2.75, 3.05) is 32.7 Å². The van der Waals surface area contributed by atoms with Crippen LogP contribution in [-0.4, -0.2) is 53.6 Å². The molecule has 0 atom stereocenters. The number of carboxylic acid groups (broad SMARTS) is 1. The number of aliphatic carboxylic acids is 1. The van der Waals surface area contributed by atoms with Crippen LogP contribution in [0.5, 0.6) is 0 Å². The second-order valence-electron chi connectivity index (χ2n) is 4.86. The molecule has 1 aliphatic rings. The monoisotopic (exact) mass is 277 g/mol. The van der Waals surface area contributed by atoms with E-state index in [1.54, 1.807) is 12.1 Å². The topological polar surface area (TPSA) is 67.6 Å². The van der Waals surface area contributed by atoms with Gasteiger partial charge < -0.3 is 5.11 Å². The fourth-order valence-corrected chi connectivity index (χ4v) is 2.28. The summed E-state index contributed by atoms with van der Waals surface area (Å²) in [7, 11) is 0. The van der Waals surface area contributed by atoms with Crippen LogP contribution in [0.1, 0.15) is 11.1 Å². The number of carboxylic acids is 1. The van der Waals surface area contributed by atoms with E-state index >= 15 is 0 Å². The summed E-state index contributed by atoms with van der Waals surface area (Å²) >= 11 is 0. The van der Waals surface area contributed by atoms with Gasteiger partial charge in [0.15, 0.2) is 0 Å². The van der Waals surface area contributed by atoms with Crippen molar-refractivity contribution in [2.45, 2.75) is 6.54 Å². The first kappa shape index (κ1) is 14.4. The second-order valence-corrected chi connectivity index (χ2v) is 4.86. The molecule has 0 saturated carbocycles. The van der Waals surface area contributed by atoms with Gasteiger partial charge in [0.1, 0.15) is 5.82 Å². The zero-order valence-electron chi connectivity index (χ0n) is 11.0. The minimum atomic E-state index is -0.823. The van der Waals surface area contributed by atoms with Crippen LogP contribution in [0.25, 0.3) is 0 Å². The van der Waals surface area contributed by atoms with E-state index in [1.165, 1.54) is 6.07 Å². The smallest absolute Gasteiger partial charge is 0.317 e. The molecule has 1 aromatic rings. The van der Waals surface area contributed by atoms with Crippen molar-refractivity contribution in [3.05, 3.63) is 35.1 Å². The zero-order valence-corrected chi connectivity index (χ0v) is 11.0. The Morgan fingerprint density at radius 2 is 1.95 bits per heavy atom. The van der Waals surface area contributed by atoms with Gasteiger partial charge in [-0.15, -0.1) is 0 Å². The van der Waals surface area contributed by atoms with Crippen molar-refractivity contribution < 1.29 is 14.3 Å². The Morgan fingerprint density at radius 1 is 1.30 bits per heavy atom. The molecule has 1 heterocycles. The van der Waals surface area contributed by atoms with Gasteiger partial charge in [-0.3, -0.25) is 14.6 Å². The summed E-state index contributed by atoms with van der Waals surface area (Å²) in [5.41, 5.74) is 0.883. The largest absolute Gasteiger partial charge is 0.480 e. The van der Waals surface area contributed by atoms with Gasteiger partial charge in [-0.05, 0) is 12.1 Å². The first-order chi connectivity index (χ1) is 9.58. The quantitative estimate of drug-likeness (QED) is 0.885. The van der Waals surface area contributed by atoms with Gasteiger partial charge in [0.2, 0.25) is 0 Å². The minimum Gasteiger partial charge on any atom is -0.480 e. The van der Waals surface area contributed by atoms with Gasteiger partial charge >= 0.3 is 5.97 Å². The van der Waals surface area contributed by atoms with Gasteiger partial charge in [0, 0.05) is 38.3 Å². The van der Waals surface area contributed by atoms with E-state index in [0.29, 0.717) is 43.9 Å². The molecule has 2 rings (SSSR count). The molecule has 0 aliphatic carbocycles. The number of hydrogen-bond donors (Lipinski definition) is 1. The first-order valence-electron chi connectivity index (χ1n) is 6.43. The molecule has 0 radical (unpaired) electrons. The minimum absolute atomic E-state index is 0.0546. The summed E-state index contributed by atoms with van der Waals surface area (Å²) in [6.07, 6.45) is 0. The number of hydrogen-bond acceptors (Lipinski definition) is 4. The summed E-state index contributed by atoms with van der Waals surface area (Å²) in [5.74, 6) is -1.19. The van der Waals surface area contributed by atoms with Crippen molar-refractivity contribution in [1.29, 1.82) is 5.26 Å². The Kier molecular flexibility index (Phi) is 4.66. The van der Waals surface area contributed by atoms with Crippen molar-refractivity contribution in [3.8, 4) is 6.07 Å². The van der Waals surface area contributed by atoms with Crippen molar-refractivity contribution in [1.82, 2.24) is 9.80 Å². The maximum atomic E-state index is 13.8. The highest BCUT2D eigenvalue weighted by molar-refractivity contribution is 5.69. The van der Waals surface area contributed by atoms with Crippen LogP contribution in [-0.2, 0) is 11.3 Å². The van der Waals surface area contributed by atoms with Crippen LogP contribution in [0.15, 0.2) is 18.2 Å². The summed E-state index contributed by atoms with van der Waals surface area (Å²) in [4.78, 5) is 14.6. The summed E-state index contributed by atoms with van der Waals surface area (Å²) < 4.78 is 13.8. The van der Waals surface area contributed by atoms with Crippen molar-refractivity contribution in [3.63, 3.8) is 0 Å². The Balaban J connectivity index is 1.90. The van der Waals surface area contributed by atoms with Crippen LogP contribution in [0.4, 0.5) is 4.39 Å². The molecule has 106 valence electrons. The molecule has 20 heavy (non-hydrogen) atoms. The first-order valence-corrected chi connectivity index (χ1v) is 6.43. The third-order valence-corrected chi connectivity index (χ3v) is 3.40. The average molecular weight is 277 g/mol. The lowest BCUT2D eigenvalue weighted by molar-refractivity contribution is -0.138. The van der Waals surface area contributed by atoms with Gasteiger partial charge in [-0.1, -0.05) is 6.07 Å². The molecule has 1 aromatic carbocycles. The average Bonchev–Trinajstić information content (AvgIpc) is 2.42. The molecule has 0 bridgehead atoms. The van der Waals surface area contributed by atoms with E-state index in [4.69, 9.17) is 10.4 Å². The molecule has 6 heteroatoms. The van der Waals surface area contributed by atoms with Gasteiger partial charge in [-0.2, -0.15) is 5.26 Å². The predicted molar refractivity (Wildman–Crippen MR) is 70.5 cm³/mol. The lowest BCUT2D eigenvalue weighted by Gasteiger charge is -2.33. The molecule has 5 nitrogen and oxygen atoms in total. The molecular formula is C14H16FN3O2. The second kappa shape index (κ2) is 6.46. The van der Waals surface area contributed by atoms with Crippen LogP contribution in [0.3, 0.4) is 0 Å². The van der Waals surface area contributed by atoms with E-state index in [2.05, 4.69) is 4.90 Å². The fourth-order valence-electron chi connectivity index (χ4n) is 2.28. The lowest BCUT2D eigenvalue weighted by Crippen LogP contribution is -2.47. The highest BCUT2D eigenvalue weighted by Gasteiger charge is 2.19. The molecule has 1 aliphatic heterocycles. The van der Waals surface area contributed by atoms with Gasteiger partial charge in [0.25, 0.3) is 0 Å². The SMILES string of the molecule is N#Cc1ccc(CN2CCN(CC(=O)O)CC2)c(F)c1. The Labute approximate surface area is 116 Å². The number of nitriles is 1. The molecule has 0 unspecified atom stereocenters. The van der Waals surface area contributed by atoms with Crippen LogP contribution >= 0.6 is 0 Å². The van der Waals surface area contributed by atoms with E-state index in [0.717, 1.165) is 0 Å². The van der Waals surface area contributed by atoms with Gasteiger partial charge in [-0.25, -0.2) is 4.39 Å². The van der Waals surface area contributed by atoms with Gasteiger partial charge in [0.05, 0.1) is 18.2 Å². The number of rotatable bonds is 4. The molecule has 0 spiro atoms. The number of halogens is 1. The number of piperazine rings is 1. The highest BCUT2D eigenvalue weighted by Crippen LogP contribution is 2.14. The molecule has 1 fully saturated rings. The van der Waals surface area contributed by atoms with Crippen LogP contribution in [0.2, 0.25) is 0 Å². The number of carbonyl (C=O) groups is 1. The number of nitrogens with zero attached hydrogens (tertiary/aromatic N) is 3. The van der Waals surface area contributed by atoms with Crippen LogP contribution in [0, 0.1) is 17.1 Å². The molecule has 1 N–H and O–H groups in total. The van der Waals surface area contributed by atoms with E-state index in [9.17, 15) is 9.18 Å². The van der Waals surface area contributed by atoms with E-state index in [1.807, 2.05) is 11.0 Å². The summed E-state index contributed by atoms with van der Waals surface area (Å²) in [6.45, 7) is 3.31. The Hall–Kier alpha value is -1.97. The normalized spacial score (nSPS) is 16.8.